The van der Waals surface area contributed by atoms with Gasteiger partial charge in [-0.05, 0) is 68.8 Å². The van der Waals surface area contributed by atoms with E-state index < -0.39 is 6.04 Å². The zero-order valence-electron chi connectivity index (χ0n) is 17.3. The van der Waals surface area contributed by atoms with Gasteiger partial charge in [-0.25, -0.2) is 4.39 Å². The summed E-state index contributed by atoms with van der Waals surface area (Å²) in [6.45, 7) is 5.51. The molecule has 1 heterocycles. The standard InChI is InChI=1S/C23H22ClFN4O2/c1-14-12-15(2)29(28-14)16(3)23(31)27-21-10-9-19(13-20(21)24)26-22(30)11-6-17-4-7-18(25)8-5-17/h4-13,16H,1-3H3,(H,26,30)(H,27,31). The van der Waals surface area contributed by atoms with E-state index in [0.717, 1.165) is 11.4 Å². The minimum atomic E-state index is -0.513. The van der Waals surface area contributed by atoms with Gasteiger partial charge in [0.2, 0.25) is 11.8 Å². The number of benzene rings is 2. The zero-order chi connectivity index (χ0) is 22.5. The van der Waals surface area contributed by atoms with Crippen molar-refractivity contribution in [2.24, 2.45) is 0 Å². The lowest BCUT2D eigenvalue weighted by molar-refractivity contribution is -0.119. The Hall–Kier alpha value is -3.45. The van der Waals surface area contributed by atoms with E-state index in [4.69, 9.17) is 11.6 Å². The average molecular weight is 441 g/mol. The third-order valence-corrected chi connectivity index (χ3v) is 4.90. The van der Waals surface area contributed by atoms with Gasteiger partial charge < -0.3 is 10.6 Å². The van der Waals surface area contributed by atoms with Gasteiger partial charge in [0.1, 0.15) is 11.9 Å². The Balaban J connectivity index is 1.62. The molecular weight excluding hydrogens is 419 g/mol. The average Bonchev–Trinajstić information content (AvgIpc) is 3.07. The van der Waals surface area contributed by atoms with Crippen LogP contribution in [0.1, 0.15) is 29.9 Å². The van der Waals surface area contributed by atoms with Crippen LogP contribution in [-0.2, 0) is 9.59 Å². The number of hydrogen-bond acceptors (Lipinski definition) is 3. The first-order valence-electron chi connectivity index (χ1n) is 9.61. The number of aromatic nitrogens is 2. The maximum absolute atomic E-state index is 12.9. The molecule has 0 spiro atoms. The lowest BCUT2D eigenvalue weighted by Gasteiger charge is -2.15. The number of aryl methyl sites for hydroxylation is 2. The summed E-state index contributed by atoms with van der Waals surface area (Å²) in [6.07, 6.45) is 2.91. The molecule has 160 valence electrons. The van der Waals surface area contributed by atoms with E-state index in [1.54, 1.807) is 48.0 Å². The van der Waals surface area contributed by atoms with E-state index in [2.05, 4.69) is 15.7 Å². The van der Waals surface area contributed by atoms with Crippen molar-refractivity contribution >= 4 is 40.9 Å². The maximum Gasteiger partial charge on any atom is 0.248 e. The molecule has 0 fully saturated rings. The molecule has 0 aliphatic heterocycles. The Morgan fingerprint density at radius 2 is 1.81 bits per heavy atom. The molecule has 0 saturated heterocycles. The van der Waals surface area contributed by atoms with Crippen LogP contribution in [0.25, 0.3) is 6.08 Å². The van der Waals surface area contributed by atoms with E-state index >= 15 is 0 Å². The fourth-order valence-electron chi connectivity index (χ4n) is 3.01. The summed E-state index contributed by atoms with van der Waals surface area (Å²) >= 11 is 6.29. The fourth-order valence-corrected chi connectivity index (χ4v) is 3.24. The van der Waals surface area contributed by atoms with Crippen molar-refractivity contribution in [3.63, 3.8) is 0 Å². The number of amides is 2. The monoisotopic (exact) mass is 440 g/mol. The number of nitrogens with one attached hydrogen (secondary N) is 2. The van der Waals surface area contributed by atoms with Crippen LogP contribution >= 0.6 is 11.6 Å². The van der Waals surface area contributed by atoms with Gasteiger partial charge in [0.15, 0.2) is 0 Å². The topological polar surface area (TPSA) is 76.0 Å². The Labute approximate surface area is 184 Å². The lowest BCUT2D eigenvalue weighted by Crippen LogP contribution is -2.25. The summed E-state index contributed by atoms with van der Waals surface area (Å²) in [5, 5.41) is 10.1. The molecule has 1 aromatic heterocycles. The minimum Gasteiger partial charge on any atom is -0.323 e. The van der Waals surface area contributed by atoms with Crippen LogP contribution in [-0.4, -0.2) is 21.6 Å². The van der Waals surface area contributed by atoms with Crippen LogP contribution in [0.15, 0.2) is 54.6 Å². The number of anilines is 2. The first-order valence-corrected chi connectivity index (χ1v) is 9.98. The van der Waals surface area contributed by atoms with Crippen LogP contribution in [0.4, 0.5) is 15.8 Å². The van der Waals surface area contributed by atoms with Crippen molar-refractivity contribution in [3.8, 4) is 0 Å². The van der Waals surface area contributed by atoms with Gasteiger partial charge in [0.25, 0.3) is 0 Å². The smallest absolute Gasteiger partial charge is 0.248 e. The number of rotatable bonds is 6. The summed E-state index contributed by atoms with van der Waals surface area (Å²) in [5.74, 6) is -0.963. The van der Waals surface area contributed by atoms with Crippen molar-refractivity contribution in [2.45, 2.75) is 26.8 Å². The third kappa shape index (κ3) is 5.79. The molecule has 0 saturated carbocycles. The number of hydrogen-bond donors (Lipinski definition) is 2. The van der Waals surface area contributed by atoms with Crippen molar-refractivity contribution < 1.29 is 14.0 Å². The second kappa shape index (κ2) is 9.57. The lowest BCUT2D eigenvalue weighted by atomic mass is 10.2. The Morgan fingerprint density at radius 1 is 1.10 bits per heavy atom. The van der Waals surface area contributed by atoms with Gasteiger partial charge in [0, 0.05) is 17.5 Å². The molecule has 3 rings (SSSR count). The van der Waals surface area contributed by atoms with Crippen LogP contribution in [0.5, 0.6) is 0 Å². The van der Waals surface area contributed by atoms with Gasteiger partial charge in [0.05, 0.1) is 16.4 Å². The highest BCUT2D eigenvalue weighted by Crippen LogP contribution is 2.26. The third-order valence-electron chi connectivity index (χ3n) is 4.58. The molecule has 2 aromatic carbocycles. The first kappa shape index (κ1) is 22.2. The molecule has 31 heavy (non-hydrogen) atoms. The second-order valence-electron chi connectivity index (χ2n) is 7.11. The summed E-state index contributed by atoms with van der Waals surface area (Å²) in [4.78, 5) is 24.7. The Bertz CT molecular complexity index is 1140. The summed E-state index contributed by atoms with van der Waals surface area (Å²) < 4.78 is 14.6. The molecule has 1 unspecified atom stereocenters. The molecule has 0 aliphatic carbocycles. The molecular formula is C23H22ClFN4O2. The van der Waals surface area contributed by atoms with Gasteiger partial charge in [-0.3, -0.25) is 14.3 Å². The van der Waals surface area contributed by atoms with Crippen molar-refractivity contribution in [3.05, 3.63) is 82.4 Å². The number of nitrogens with zero attached hydrogens (tertiary/aromatic N) is 2. The van der Waals surface area contributed by atoms with Gasteiger partial charge >= 0.3 is 0 Å². The minimum absolute atomic E-state index is 0.257. The summed E-state index contributed by atoms with van der Waals surface area (Å²) in [6, 6.07) is 12.0. The quantitative estimate of drug-likeness (QED) is 0.521. The van der Waals surface area contributed by atoms with Crippen LogP contribution < -0.4 is 10.6 Å². The van der Waals surface area contributed by atoms with Crippen molar-refractivity contribution in [1.82, 2.24) is 9.78 Å². The van der Waals surface area contributed by atoms with E-state index in [0.29, 0.717) is 16.9 Å². The predicted octanol–water partition coefficient (Wildman–Crippen LogP) is 5.14. The Morgan fingerprint density at radius 3 is 2.42 bits per heavy atom. The van der Waals surface area contributed by atoms with Gasteiger partial charge in [-0.2, -0.15) is 5.10 Å². The molecule has 3 aromatic rings. The molecule has 2 amide bonds. The highest BCUT2D eigenvalue weighted by Gasteiger charge is 2.19. The molecule has 2 N–H and O–H groups in total. The molecule has 0 aliphatic rings. The van der Waals surface area contributed by atoms with E-state index in [1.807, 2.05) is 19.9 Å². The summed E-state index contributed by atoms with van der Waals surface area (Å²) in [7, 11) is 0. The fraction of sp³-hybridized carbons (Fsp3) is 0.174. The van der Waals surface area contributed by atoms with Crippen LogP contribution in [0, 0.1) is 19.7 Å². The molecule has 1 atom stereocenters. The van der Waals surface area contributed by atoms with Crippen molar-refractivity contribution in [1.29, 1.82) is 0 Å². The van der Waals surface area contributed by atoms with E-state index in [-0.39, 0.29) is 22.7 Å². The first-order chi connectivity index (χ1) is 14.7. The largest absolute Gasteiger partial charge is 0.323 e. The van der Waals surface area contributed by atoms with Crippen LogP contribution in [0.2, 0.25) is 5.02 Å². The highest BCUT2D eigenvalue weighted by molar-refractivity contribution is 6.34. The van der Waals surface area contributed by atoms with E-state index in [9.17, 15) is 14.0 Å². The SMILES string of the molecule is Cc1cc(C)n(C(C)C(=O)Nc2ccc(NC(=O)C=Cc3ccc(F)cc3)cc2Cl)n1. The maximum atomic E-state index is 12.9. The predicted molar refractivity (Wildman–Crippen MR) is 121 cm³/mol. The molecule has 8 heteroatoms. The number of carbonyl (C=O) groups excluding carboxylic acids is 2. The van der Waals surface area contributed by atoms with Crippen LogP contribution in [0.3, 0.4) is 0 Å². The summed E-state index contributed by atoms with van der Waals surface area (Å²) in [5.41, 5.74) is 3.33. The van der Waals surface area contributed by atoms with Crippen molar-refractivity contribution in [2.75, 3.05) is 10.6 Å². The van der Waals surface area contributed by atoms with Gasteiger partial charge in [-0.15, -0.1) is 0 Å². The van der Waals surface area contributed by atoms with E-state index in [1.165, 1.54) is 18.2 Å². The number of halogens is 2. The molecule has 6 nitrogen and oxygen atoms in total. The normalized spacial score (nSPS) is 12.0. The molecule has 0 bridgehead atoms. The molecule has 0 radical (unpaired) electrons. The zero-order valence-corrected chi connectivity index (χ0v) is 18.1. The Kier molecular flexibility index (Phi) is 6.87. The highest BCUT2D eigenvalue weighted by atomic mass is 35.5. The number of carbonyl (C=O) groups is 2. The second-order valence-corrected chi connectivity index (χ2v) is 7.51. The van der Waals surface area contributed by atoms with Gasteiger partial charge in [-0.1, -0.05) is 23.7 Å².